The van der Waals surface area contributed by atoms with Crippen molar-refractivity contribution in [1.82, 2.24) is 16.0 Å². The largest absolute Gasteiger partial charge is 0.368 e. The minimum absolute atomic E-state index is 0.278. The fourth-order valence-corrected chi connectivity index (χ4v) is 3.28. The van der Waals surface area contributed by atoms with E-state index in [1.54, 1.807) is 0 Å². The number of unbranched alkanes of at least 4 members (excludes halogenated alkanes) is 1. The van der Waals surface area contributed by atoms with Gasteiger partial charge in [-0.15, -0.1) is 0 Å². The molecule has 2 aromatic rings. The Kier molecular flexibility index (Phi) is 10.7. The first-order valence-corrected chi connectivity index (χ1v) is 10.9. The Morgan fingerprint density at radius 1 is 0.812 bits per heavy atom. The second-order valence-electron chi connectivity index (χ2n) is 7.63. The summed E-state index contributed by atoms with van der Waals surface area (Å²) in [6.45, 7) is 0.931. The molecule has 4 amide bonds. The van der Waals surface area contributed by atoms with E-state index in [0.717, 1.165) is 17.5 Å². The highest BCUT2D eigenvalue weighted by Gasteiger charge is 2.25. The number of primary amides is 1. The summed E-state index contributed by atoms with van der Waals surface area (Å²) in [4.78, 5) is 37.2. The highest BCUT2D eigenvalue weighted by Crippen LogP contribution is 2.06. The van der Waals surface area contributed by atoms with Crippen LogP contribution in [-0.2, 0) is 22.4 Å². The first-order valence-electron chi connectivity index (χ1n) is 10.9. The molecule has 0 saturated carbocycles. The van der Waals surface area contributed by atoms with E-state index in [9.17, 15) is 14.4 Å². The van der Waals surface area contributed by atoms with Crippen molar-refractivity contribution in [2.75, 3.05) is 13.1 Å². The normalized spacial score (nSPS) is 12.4. The van der Waals surface area contributed by atoms with Crippen LogP contribution in [0.15, 0.2) is 60.7 Å². The van der Waals surface area contributed by atoms with E-state index >= 15 is 0 Å². The summed E-state index contributed by atoms with van der Waals surface area (Å²) in [5, 5.41) is 8.18. The fraction of sp³-hybridized carbons (Fsp3) is 0.375. The van der Waals surface area contributed by atoms with Crippen molar-refractivity contribution in [3.05, 3.63) is 71.8 Å². The number of carbonyl (C=O) groups is 3. The molecule has 2 rings (SSSR count). The van der Waals surface area contributed by atoms with E-state index in [4.69, 9.17) is 11.5 Å². The molecule has 0 spiro atoms. The standard InChI is InChI=1S/C24H33N5O3/c25-15-8-7-13-20(29-24(32)27-16-14-18-9-3-1-4-10-18)23(31)28-21(22(26)30)17-19-11-5-2-6-12-19/h1-6,9-12,20-21H,7-8,13-17,25H2,(H2,26,30)(H,28,31)(H2,27,29,32)/t20-,21-/m0/s1. The Bertz CT molecular complexity index is 845. The lowest BCUT2D eigenvalue weighted by atomic mass is 10.0. The van der Waals surface area contributed by atoms with E-state index in [2.05, 4.69) is 16.0 Å². The van der Waals surface area contributed by atoms with Gasteiger partial charge in [0.15, 0.2) is 0 Å². The number of urea groups is 1. The number of hydrogen-bond donors (Lipinski definition) is 5. The molecule has 0 aliphatic carbocycles. The van der Waals surface area contributed by atoms with Crippen LogP contribution in [-0.4, -0.2) is 43.0 Å². The predicted molar refractivity (Wildman–Crippen MR) is 125 cm³/mol. The van der Waals surface area contributed by atoms with Gasteiger partial charge in [-0.25, -0.2) is 4.79 Å². The van der Waals surface area contributed by atoms with Crippen molar-refractivity contribution in [3.8, 4) is 0 Å². The minimum atomic E-state index is -0.871. The van der Waals surface area contributed by atoms with Crippen molar-refractivity contribution in [2.24, 2.45) is 11.5 Å². The molecule has 2 aromatic carbocycles. The zero-order valence-electron chi connectivity index (χ0n) is 18.3. The van der Waals surface area contributed by atoms with Crippen molar-refractivity contribution < 1.29 is 14.4 Å². The summed E-state index contributed by atoms with van der Waals surface area (Å²) in [5.41, 5.74) is 13.0. The summed E-state index contributed by atoms with van der Waals surface area (Å²) < 4.78 is 0. The summed E-state index contributed by atoms with van der Waals surface area (Å²) >= 11 is 0. The smallest absolute Gasteiger partial charge is 0.315 e. The summed E-state index contributed by atoms with van der Waals surface area (Å²) in [5.74, 6) is -1.07. The van der Waals surface area contributed by atoms with Crippen LogP contribution in [0.3, 0.4) is 0 Å². The third-order valence-electron chi connectivity index (χ3n) is 5.05. The molecule has 0 unspecified atom stereocenters. The number of hydrogen-bond acceptors (Lipinski definition) is 4. The highest BCUT2D eigenvalue weighted by molar-refractivity contribution is 5.91. The van der Waals surface area contributed by atoms with E-state index in [1.807, 2.05) is 60.7 Å². The average molecular weight is 440 g/mol. The molecule has 0 bridgehead atoms. The van der Waals surface area contributed by atoms with Gasteiger partial charge < -0.3 is 27.4 Å². The first-order chi connectivity index (χ1) is 15.5. The number of amides is 4. The van der Waals surface area contributed by atoms with Gasteiger partial charge in [0.1, 0.15) is 12.1 Å². The number of rotatable bonds is 13. The van der Waals surface area contributed by atoms with Crippen LogP contribution >= 0.6 is 0 Å². The van der Waals surface area contributed by atoms with Gasteiger partial charge in [0.05, 0.1) is 0 Å². The summed E-state index contributed by atoms with van der Waals surface area (Å²) in [6, 6.07) is 17.0. The lowest BCUT2D eigenvalue weighted by molar-refractivity contribution is -0.128. The molecule has 0 fully saturated rings. The van der Waals surface area contributed by atoms with Crippen LogP contribution in [0.2, 0.25) is 0 Å². The fourth-order valence-electron chi connectivity index (χ4n) is 3.28. The highest BCUT2D eigenvalue weighted by atomic mass is 16.2. The number of carbonyl (C=O) groups excluding carboxylic acids is 3. The van der Waals surface area contributed by atoms with Gasteiger partial charge >= 0.3 is 6.03 Å². The van der Waals surface area contributed by atoms with Gasteiger partial charge in [-0.2, -0.15) is 0 Å². The Morgan fingerprint density at radius 3 is 2.03 bits per heavy atom. The SMILES string of the molecule is NCCCC[C@H](NC(=O)NCCc1ccccc1)C(=O)N[C@@H](Cc1ccccc1)C(N)=O. The van der Waals surface area contributed by atoms with Gasteiger partial charge in [0.25, 0.3) is 0 Å². The van der Waals surface area contributed by atoms with Crippen molar-refractivity contribution in [2.45, 2.75) is 44.2 Å². The van der Waals surface area contributed by atoms with E-state index in [1.165, 1.54) is 0 Å². The van der Waals surface area contributed by atoms with Crippen molar-refractivity contribution >= 4 is 17.8 Å². The topological polar surface area (TPSA) is 139 Å². The second-order valence-corrected chi connectivity index (χ2v) is 7.63. The van der Waals surface area contributed by atoms with Gasteiger partial charge in [0.2, 0.25) is 11.8 Å². The van der Waals surface area contributed by atoms with Crippen LogP contribution in [0, 0.1) is 0 Å². The van der Waals surface area contributed by atoms with Crippen molar-refractivity contribution in [1.29, 1.82) is 0 Å². The summed E-state index contributed by atoms with van der Waals surface area (Å²) in [7, 11) is 0. The first kappa shape index (κ1) is 24.9. The quantitative estimate of drug-likeness (QED) is 0.300. The Labute approximate surface area is 189 Å². The molecule has 0 radical (unpaired) electrons. The molecule has 7 N–H and O–H groups in total. The maximum Gasteiger partial charge on any atom is 0.315 e. The molecule has 2 atom stereocenters. The monoisotopic (exact) mass is 439 g/mol. The summed E-state index contributed by atoms with van der Waals surface area (Å²) in [6.07, 6.45) is 2.76. The molecule has 0 heterocycles. The molecule has 0 saturated heterocycles. The van der Waals surface area contributed by atoms with Crippen LogP contribution in [0.5, 0.6) is 0 Å². The second kappa shape index (κ2) is 13.8. The predicted octanol–water partition coefficient (Wildman–Crippen LogP) is 1.24. The molecule has 8 heteroatoms. The Balaban J connectivity index is 1.93. The van der Waals surface area contributed by atoms with Crippen LogP contribution in [0.4, 0.5) is 4.79 Å². The average Bonchev–Trinajstić information content (AvgIpc) is 2.79. The third kappa shape index (κ3) is 9.18. The zero-order chi connectivity index (χ0) is 23.2. The molecule has 0 aliphatic heterocycles. The van der Waals surface area contributed by atoms with E-state index in [0.29, 0.717) is 32.4 Å². The van der Waals surface area contributed by atoms with Crippen LogP contribution in [0.25, 0.3) is 0 Å². The zero-order valence-corrected chi connectivity index (χ0v) is 18.3. The molecule has 32 heavy (non-hydrogen) atoms. The number of nitrogens with two attached hydrogens (primary N) is 2. The maximum absolute atomic E-state index is 12.9. The Morgan fingerprint density at radius 2 is 1.44 bits per heavy atom. The lowest BCUT2D eigenvalue weighted by Gasteiger charge is -2.22. The molecular formula is C24H33N5O3. The number of nitrogens with one attached hydrogen (secondary N) is 3. The van der Waals surface area contributed by atoms with Gasteiger partial charge in [-0.3, -0.25) is 9.59 Å². The minimum Gasteiger partial charge on any atom is -0.368 e. The molecule has 172 valence electrons. The van der Waals surface area contributed by atoms with Gasteiger partial charge in [-0.1, -0.05) is 60.7 Å². The van der Waals surface area contributed by atoms with Gasteiger partial charge in [-0.05, 0) is 43.4 Å². The number of benzene rings is 2. The van der Waals surface area contributed by atoms with Gasteiger partial charge in [0, 0.05) is 13.0 Å². The van der Waals surface area contributed by atoms with Crippen LogP contribution in [0.1, 0.15) is 30.4 Å². The van der Waals surface area contributed by atoms with Crippen molar-refractivity contribution in [3.63, 3.8) is 0 Å². The lowest BCUT2D eigenvalue weighted by Crippen LogP contribution is -2.55. The van der Waals surface area contributed by atoms with E-state index in [-0.39, 0.29) is 6.42 Å². The maximum atomic E-state index is 12.9. The molecule has 8 nitrogen and oxygen atoms in total. The van der Waals surface area contributed by atoms with E-state index < -0.39 is 29.9 Å². The third-order valence-corrected chi connectivity index (χ3v) is 5.05. The molecular weight excluding hydrogens is 406 g/mol. The Hall–Kier alpha value is -3.39. The molecule has 0 aliphatic rings. The van der Waals surface area contributed by atoms with Crippen LogP contribution < -0.4 is 27.4 Å². The molecule has 0 aromatic heterocycles.